The third kappa shape index (κ3) is 3.23. The van der Waals surface area contributed by atoms with Crippen LogP contribution in [-0.4, -0.2) is 24.4 Å². The van der Waals surface area contributed by atoms with Crippen LogP contribution in [0.4, 0.5) is 4.39 Å². The van der Waals surface area contributed by atoms with Crippen LogP contribution in [0.25, 0.3) is 0 Å². The van der Waals surface area contributed by atoms with E-state index in [9.17, 15) is 9.18 Å². The van der Waals surface area contributed by atoms with E-state index in [0.717, 1.165) is 0 Å². The molecule has 0 N–H and O–H groups in total. The van der Waals surface area contributed by atoms with Crippen LogP contribution in [0.5, 0.6) is 5.75 Å². The van der Waals surface area contributed by atoms with Gasteiger partial charge in [-0.15, -0.1) is 0 Å². The van der Waals surface area contributed by atoms with E-state index in [-0.39, 0.29) is 11.5 Å². The van der Waals surface area contributed by atoms with Crippen LogP contribution >= 0.6 is 11.8 Å². The molecule has 0 saturated heterocycles. The van der Waals surface area contributed by atoms with Crippen LogP contribution in [0.1, 0.15) is 17.3 Å². The smallest absolute Gasteiger partial charge is 0.172 e. The first-order valence-corrected chi connectivity index (χ1v) is 6.03. The first-order chi connectivity index (χ1) is 7.19. The van der Waals surface area contributed by atoms with Crippen molar-refractivity contribution in [2.45, 2.75) is 6.92 Å². The first kappa shape index (κ1) is 12.0. The fraction of sp³-hybridized carbons (Fsp3) is 0.364. The summed E-state index contributed by atoms with van der Waals surface area (Å²) < 4.78 is 18.4. The summed E-state index contributed by atoms with van der Waals surface area (Å²) in [4.78, 5) is 11.4. The van der Waals surface area contributed by atoms with E-state index in [0.29, 0.717) is 17.9 Å². The zero-order valence-corrected chi connectivity index (χ0v) is 9.57. The van der Waals surface area contributed by atoms with E-state index < -0.39 is 5.82 Å². The maximum Gasteiger partial charge on any atom is 0.172 e. The van der Waals surface area contributed by atoms with Crippen LogP contribution in [0.2, 0.25) is 0 Å². The van der Waals surface area contributed by atoms with Crippen molar-refractivity contribution >= 4 is 17.5 Å². The number of hydrogen-bond donors (Lipinski definition) is 0. The molecule has 0 bridgehead atoms. The summed E-state index contributed by atoms with van der Waals surface area (Å²) in [6, 6.07) is 4.31. The monoisotopic (exact) mass is 228 g/mol. The number of ether oxygens (including phenoxy) is 1. The summed E-state index contributed by atoms with van der Waals surface area (Å²) in [5.74, 6) is 0.0133. The summed E-state index contributed by atoms with van der Waals surface area (Å²) in [6.45, 7) is 2.20. The predicted molar refractivity (Wildman–Crippen MR) is 60.3 cm³/mol. The Morgan fingerprint density at radius 1 is 1.53 bits per heavy atom. The van der Waals surface area contributed by atoms with Crippen molar-refractivity contribution in [3.8, 4) is 5.75 Å². The molecule has 0 amide bonds. The van der Waals surface area contributed by atoms with Gasteiger partial charge in [-0.05, 0) is 31.4 Å². The van der Waals surface area contributed by atoms with E-state index >= 15 is 0 Å². The fourth-order valence-electron chi connectivity index (χ4n) is 1.16. The molecular weight excluding hydrogens is 215 g/mol. The SMILES string of the molecule is CCOc1ccc(C(=O)CSC)cc1F. The topological polar surface area (TPSA) is 26.3 Å². The molecule has 0 saturated carbocycles. The lowest BCUT2D eigenvalue weighted by Crippen LogP contribution is -2.03. The van der Waals surface area contributed by atoms with Gasteiger partial charge in [-0.25, -0.2) is 4.39 Å². The van der Waals surface area contributed by atoms with Crippen LogP contribution in [0, 0.1) is 5.82 Å². The van der Waals surface area contributed by atoms with E-state index in [4.69, 9.17) is 4.74 Å². The van der Waals surface area contributed by atoms with Crippen molar-refractivity contribution in [2.24, 2.45) is 0 Å². The molecule has 15 heavy (non-hydrogen) atoms. The van der Waals surface area contributed by atoms with E-state index in [1.54, 1.807) is 13.0 Å². The number of carbonyl (C=O) groups excluding carboxylic acids is 1. The number of hydrogen-bond acceptors (Lipinski definition) is 3. The number of Topliss-reactive ketones (excluding diaryl/α,β-unsaturated/α-hetero) is 1. The molecular formula is C11H13FO2S. The van der Waals surface area contributed by atoms with Gasteiger partial charge in [0.25, 0.3) is 0 Å². The van der Waals surface area contributed by atoms with Crippen LogP contribution in [-0.2, 0) is 0 Å². The quantitative estimate of drug-likeness (QED) is 0.725. The Morgan fingerprint density at radius 3 is 2.80 bits per heavy atom. The average Bonchev–Trinajstić information content (AvgIpc) is 2.21. The highest BCUT2D eigenvalue weighted by Crippen LogP contribution is 2.19. The van der Waals surface area contributed by atoms with E-state index in [2.05, 4.69) is 0 Å². The Balaban J connectivity index is 2.86. The van der Waals surface area contributed by atoms with Gasteiger partial charge in [0.1, 0.15) is 0 Å². The van der Waals surface area contributed by atoms with Crippen molar-refractivity contribution in [3.63, 3.8) is 0 Å². The van der Waals surface area contributed by atoms with Crippen molar-refractivity contribution in [2.75, 3.05) is 18.6 Å². The molecule has 82 valence electrons. The lowest BCUT2D eigenvalue weighted by atomic mass is 10.1. The molecule has 0 aliphatic rings. The zero-order chi connectivity index (χ0) is 11.3. The highest BCUT2D eigenvalue weighted by molar-refractivity contribution is 7.99. The molecule has 2 nitrogen and oxygen atoms in total. The van der Waals surface area contributed by atoms with Gasteiger partial charge in [0.15, 0.2) is 17.3 Å². The number of ketones is 1. The minimum atomic E-state index is -0.483. The molecule has 0 aliphatic carbocycles. The second-order valence-corrected chi connectivity index (χ2v) is 3.80. The summed E-state index contributed by atoms with van der Waals surface area (Å²) in [7, 11) is 0. The Kier molecular flexibility index (Phi) is 4.62. The van der Waals surface area contributed by atoms with Gasteiger partial charge in [0.05, 0.1) is 12.4 Å². The summed E-state index contributed by atoms with van der Waals surface area (Å²) >= 11 is 1.42. The zero-order valence-electron chi connectivity index (χ0n) is 8.75. The molecule has 0 aliphatic heterocycles. The number of benzene rings is 1. The van der Waals surface area contributed by atoms with Gasteiger partial charge in [0.2, 0.25) is 0 Å². The third-order valence-electron chi connectivity index (χ3n) is 1.83. The van der Waals surface area contributed by atoms with Crippen LogP contribution in [0.15, 0.2) is 18.2 Å². The molecule has 0 fully saturated rings. The standard InChI is InChI=1S/C11H13FO2S/c1-3-14-11-5-4-8(6-9(11)12)10(13)7-15-2/h4-6H,3,7H2,1-2H3. The van der Waals surface area contributed by atoms with Gasteiger partial charge in [-0.3, -0.25) is 4.79 Å². The molecule has 0 aromatic heterocycles. The largest absolute Gasteiger partial charge is 0.491 e. The summed E-state index contributed by atoms with van der Waals surface area (Å²) in [5, 5.41) is 0. The van der Waals surface area contributed by atoms with Crippen molar-refractivity contribution in [1.82, 2.24) is 0 Å². The molecule has 1 aromatic rings. The second kappa shape index (κ2) is 5.75. The van der Waals surface area contributed by atoms with E-state index in [1.165, 1.54) is 23.9 Å². The lowest BCUT2D eigenvalue weighted by Gasteiger charge is -2.05. The van der Waals surface area contributed by atoms with Crippen LogP contribution in [0.3, 0.4) is 0 Å². The summed E-state index contributed by atoms with van der Waals surface area (Å²) in [6.07, 6.45) is 1.84. The van der Waals surface area contributed by atoms with Gasteiger partial charge in [-0.1, -0.05) is 0 Å². The van der Waals surface area contributed by atoms with Gasteiger partial charge < -0.3 is 4.74 Å². The molecule has 0 atom stereocenters. The predicted octanol–water partition coefficient (Wildman–Crippen LogP) is 2.77. The molecule has 1 aromatic carbocycles. The van der Waals surface area contributed by atoms with Gasteiger partial charge in [-0.2, -0.15) is 11.8 Å². The molecule has 0 unspecified atom stereocenters. The molecule has 1 rings (SSSR count). The first-order valence-electron chi connectivity index (χ1n) is 4.63. The van der Waals surface area contributed by atoms with Crippen molar-refractivity contribution in [3.05, 3.63) is 29.6 Å². The minimum absolute atomic E-state index is 0.0653. The highest BCUT2D eigenvalue weighted by Gasteiger charge is 2.09. The number of thioether (sulfide) groups is 1. The van der Waals surface area contributed by atoms with Gasteiger partial charge in [0, 0.05) is 5.56 Å². The Hall–Kier alpha value is -1.03. The maximum atomic E-state index is 13.4. The molecule has 0 spiro atoms. The second-order valence-electron chi connectivity index (χ2n) is 2.93. The van der Waals surface area contributed by atoms with Crippen molar-refractivity contribution in [1.29, 1.82) is 0 Å². The normalized spacial score (nSPS) is 10.1. The fourth-order valence-corrected chi connectivity index (χ4v) is 1.59. The lowest BCUT2D eigenvalue weighted by molar-refractivity contribution is 0.102. The minimum Gasteiger partial charge on any atom is -0.491 e. The van der Waals surface area contributed by atoms with Crippen molar-refractivity contribution < 1.29 is 13.9 Å². The molecule has 0 heterocycles. The molecule has 0 radical (unpaired) electrons. The Bertz CT molecular complexity index is 352. The number of halogens is 1. The van der Waals surface area contributed by atoms with E-state index in [1.807, 2.05) is 6.26 Å². The Morgan fingerprint density at radius 2 is 2.27 bits per heavy atom. The third-order valence-corrected chi connectivity index (χ3v) is 2.38. The highest BCUT2D eigenvalue weighted by atomic mass is 32.2. The molecule has 4 heteroatoms. The average molecular weight is 228 g/mol. The Labute approximate surface area is 92.8 Å². The van der Waals surface area contributed by atoms with Crippen LogP contribution < -0.4 is 4.74 Å². The number of rotatable bonds is 5. The van der Waals surface area contributed by atoms with Gasteiger partial charge >= 0.3 is 0 Å². The maximum absolute atomic E-state index is 13.4. The number of carbonyl (C=O) groups is 1. The summed E-state index contributed by atoms with van der Waals surface area (Å²) in [5.41, 5.74) is 0.394.